The Hall–Kier alpha value is -3.23. The van der Waals surface area contributed by atoms with Gasteiger partial charge in [-0.25, -0.2) is 4.79 Å². The van der Waals surface area contributed by atoms with Gasteiger partial charge in [0.15, 0.2) is 0 Å². The van der Waals surface area contributed by atoms with E-state index in [9.17, 15) is 22.8 Å². The summed E-state index contributed by atoms with van der Waals surface area (Å²) in [5, 5.41) is 2.64. The van der Waals surface area contributed by atoms with E-state index in [4.69, 9.17) is 0 Å². The van der Waals surface area contributed by atoms with E-state index in [0.29, 0.717) is 5.56 Å². The molecule has 1 aliphatic rings. The highest BCUT2D eigenvalue weighted by atomic mass is 19.4. The summed E-state index contributed by atoms with van der Waals surface area (Å²) in [7, 11) is 1.52. The molecule has 0 saturated heterocycles. The second kappa shape index (κ2) is 10.00. The fourth-order valence-corrected chi connectivity index (χ4v) is 2.67. The smallest absolute Gasteiger partial charge is 0.406 e. The molecule has 0 aliphatic carbocycles. The molecule has 1 N–H and O–H groups in total. The molecule has 162 valence electrons. The molecule has 3 amide bonds. The summed E-state index contributed by atoms with van der Waals surface area (Å²) in [6, 6.07) is 4.84. The Bertz CT molecular complexity index is 858. The topological polar surface area (TPSA) is 61.9 Å². The van der Waals surface area contributed by atoms with E-state index in [-0.39, 0.29) is 24.9 Å². The molecule has 0 spiro atoms. The summed E-state index contributed by atoms with van der Waals surface area (Å²) >= 11 is 0. The minimum absolute atomic E-state index is 0.111. The molecule has 9 heteroatoms. The Morgan fingerprint density at radius 1 is 1.17 bits per heavy atom. The summed E-state index contributed by atoms with van der Waals surface area (Å²) in [6.45, 7) is 3.88. The summed E-state index contributed by atoms with van der Waals surface area (Å²) in [5.74, 6) is -0.728. The molecular formula is C21H24F3N3O3. The Morgan fingerprint density at radius 3 is 2.43 bits per heavy atom. The minimum Gasteiger partial charge on any atom is -0.406 e. The van der Waals surface area contributed by atoms with E-state index in [0.717, 1.165) is 17.7 Å². The van der Waals surface area contributed by atoms with Crippen molar-refractivity contribution in [2.75, 3.05) is 13.6 Å². The van der Waals surface area contributed by atoms with Crippen molar-refractivity contribution in [3.05, 3.63) is 65.5 Å². The van der Waals surface area contributed by atoms with Crippen LogP contribution >= 0.6 is 0 Å². The van der Waals surface area contributed by atoms with Crippen molar-refractivity contribution >= 4 is 11.9 Å². The average Bonchev–Trinajstić information content (AvgIpc) is 2.71. The van der Waals surface area contributed by atoms with E-state index >= 15 is 0 Å². The first kappa shape index (κ1) is 23.1. The number of likely N-dealkylation sites (N-methyl/N-ethyl adjacent to an activating group) is 1. The van der Waals surface area contributed by atoms with Gasteiger partial charge in [-0.15, -0.1) is 13.2 Å². The molecule has 0 aromatic heterocycles. The quantitative estimate of drug-likeness (QED) is 0.741. The first-order valence-electron chi connectivity index (χ1n) is 9.31. The van der Waals surface area contributed by atoms with E-state index in [1.807, 2.05) is 26.0 Å². The molecule has 0 unspecified atom stereocenters. The van der Waals surface area contributed by atoms with Crippen molar-refractivity contribution in [3.8, 4) is 5.75 Å². The highest BCUT2D eigenvalue weighted by Gasteiger charge is 2.31. The summed E-state index contributed by atoms with van der Waals surface area (Å²) in [4.78, 5) is 27.7. The third kappa shape index (κ3) is 6.68. The van der Waals surface area contributed by atoms with Gasteiger partial charge in [-0.05, 0) is 48.8 Å². The molecule has 0 fully saturated rings. The van der Waals surface area contributed by atoms with Crippen LogP contribution in [0.3, 0.4) is 0 Å². The van der Waals surface area contributed by atoms with Crippen LogP contribution in [-0.2, 0) is 11.3 Å². The molecule has 0 saturated carbocycles. The van der Waals surface area contributed by atoms with Crippen LogP contribution in [-0.4, -0.2) is 41.7 Å². The third-order valence-electron chi connectivity index (χ3n) is 4.39. The number of amides is 3. The highest BCUT2D eigenvalue weighted by molar-refractivity contribution is 5.85. The second-order valence-corrected chi connectivity index (χ2v) is 6.70. The number of hydrogen-bond acceptors (Lipinski definition) is 3. The van der Waals surface area contributed by atoms with E-state index in [2.05, 4.69) is 10.1 Å². The number of hydrogen-bond donors (Lipinski definition) is 1. The monoisotopic (exact) mass is 423 g/mol. The standard InChI is InChI=1S/C21H24F3N3O3/c1-4-15(2)18-7-5-6-12-27(18)20(29)26(3)14-19(28)25-13-16-8-10-17(11-9-16)30-21(22,23)24/h5-12H,4,13-14H2,1-3H3,(H,25,28)/b18-15+. The number of alkyl halides is 3. The minimum atomic E-state index is -4.75. The maximum atomic E-state index is 12.7. The molecule has 30 heavy (non-hydrogen) atoms. The largest absolute Gasteiger partial charge is 0.573 e. The number of carbonyl (C=O) groups excluding carboxylic acids is 2. The van der Waals surface area contributed by atoms with Crippen LogP contribution in [0.25, 0.3) is 0 Å². The molecule has 1 heterocycles. The van der Waals surface area contributed by atoms with Crippen LogP contribution in [0.5, 0.6) is 5.75 Å². The second-order valence-electron chi connectivity index (χ2n) is 6.70. The zero-order valence-corrected chi connectivity index (χ0v) is 17.0. The average molecular weight is 423 g/mol. The number of urea groups is 1. The van der Waals surface area contributed by atoms with Crippen molar-refractivity contribution in [2.45, 2.75) is 33.2 Å². The third-order valence-corrected chi connectivity index (χ3v) is 4.39. The number of halogens is 3. The fourth-order valence-electron chi connectivity index (χ4n) is 2.67. The fraction of sp³-hybridized carbons (Fsp3) is 0.333. The zero-order chi connectivity index (χ0) is 22.3. The van der Waals surface area contributed by atoms with Crippen molar-refractivity contribution in [1.82, 2.24) is 15.1 Å². The van der Waals surface area contributed by atoms with Crippen LogP contribution < -0.4 is 10.1 Å². The van der Waals surface area contributed by atoms with Crippen molar-refractivity contribution in [1.29, 1.82) is 0 Å². The van der Waals surface area contributed by atoms with Gasteiger partial charge in [0.25, 0.3) is 0 Å². The van der Waals surface area contributed by atoms with Crippen molar-refractivity contribution in [3.63, 3.8) is 0 Å². The maximum absolute atomic E-state index is 12.7. The lowest BCUT2D eigenvalue weighted by Crippen LogP contribution is -2.43. The lowest BCUT2D eigenvalue weighted by Gasteiger charge is -2.28. The molecule has 0 atom stereocenters. The van der Waals surface area contributed by atoms with Crippen molar-refractivity contribution < 1.29 is 27.5 Å². The predicted molar refractivity (Wildman–Crippen MR) is 106 cm³/mol. The maximum Gasteiger partial charge on any atom is 0.573 e. The van der Waals surface area contributed by atoms with Gasteiger partial charge < -0.3 is 15.0 Å². The molecule has 0 bridgehead atoms. The van der Waals surface area contributed by atoms with Crippen LogP contribution in [0, 0.1) is 0 Å². The van der Waals surface area contributed by atoms with Crippen LogP contribution in [0.2, 0.25) is 0 Å². The number of nitrogens with zero attached hydrogens (tertiary/aromatic N) is 2. The molecule has 1 aromatic rings. The predicted octanol–water partition coefficient (Wildman–Crippen LogP) is 4.32. The van der Waals surface area contributed by atoms with Crippen LogP contribution in [0.4, 0.5) is 18.0 Å². The molecule has 2 rings (SSSR count). The van der Waals surface area contributed by atoms with Gasteiger partial charge in [-0.1, -0.05) is 25.1 Å². The van der Waals surface area contributed by atoms with Gasteiger partial charge in [-0.2, -0.15) is 0 Å². The van der Waals surface area contributed by atoms with Crippen LogP contribution in [0.15, 0.2) is 60.0 Å². The normalized spacial score (nSPS) is 15.1. The molecule has 1 aromatic carbocycles. The number of carbonyl (C=O) groups is 2. The van der Waals surface area contributed by atoms with E-state index < -0.39 is 12.3 Å². The van der Waals surface area contributed by atoms with E-state index in [1.54, 1.807) is 12.3 Å². The summed E-state index contributed by atoms with van der Waals surface area (Å²) in [5.41, 5.74) is 2.41. The number of allylic oxidation sites excluding steroid dienone is 4. The Kier molecular flexibility index (Phi) is 7.68. The van der Waals surface area contributed by atoms with Gasteiger partial charge in [0, 0.05) is 25.5 Å². The molecule has 0 radical (unpaired) electrons. The summed E-state index contributed by atoms with van der Waals surface area (Å²) < 4.78 is 40.3. The van der Waals surface area contributed by atoms with Gasteiger partial charge in [0.2, 0.25) is 5.91 Å². The van der Waals surface area contributed by atoms with Crippen LogP contribution in [0.1, 0.15) is 25.8 Å². The highest BCUT2D eigenvalue weighted by Crippen LogP contribution is 2.23. The number of benzene rings is 1. The summed E-state index contributed by atoms with van der Waals surface area (Å²) in [6.07, 6.45) is 3.11. The number of ether oxygens (including phenoxy) is 1. The lowest BCUT2D eigenvalue weighted by atomic mass is 10.1. The van der Waals surface area contributed by atoms with Gasteiger partial charge in [-0.3, -0.25) is 9.69 Å². The SMILES string of the molecule is CC/C(C)=C1\C=CC=CN1C(=O)N(C)CC(=O)NCc1ccc(OC(F)(F)F)cc1. The van der Waals surface area contributed by atoms with Gasteiger partial charge in [0.05, 0.1) is 0 Å². The molecular weight excluding hydrogens is 399 g/mol. The number of nitrogens with one attached hydrogen (secondary N) is 1. The molecule has 1 aliphatic heterocycles. The first-order valence-corrected chi connectivity index (χ1v) is 9.31. The van der Waals surface area contributed by atoms with E-state index in [1.165, 1.54) is 41.1 Å². The van der Waals surface area contributed by atoms with Gasteiger partial charge in [0.1, 0.15) is 12.3 Å². The van der Waals surface area contributed by atoms with Gasteiger partial charge >= 0.3 is 12.4 Å². The Labute approximate surface area is 173 Å². The Balaban J connectivity index is 1.89. The number of rotatable bonds is 6. The Morgan fingerprint density at radius 2 is 1.83 bits per heavy atom. The zero-order valence-electron chi connectivity index (χ0n) is 17.0. The van der Waals surface area contributed by atoms with Crippen molar-refractivity contribution in [2.24, 2.45) is 0 Å². The lowest BCUT2D eigenvalue weighted by molar-refractivity contribution is -0.274. The molecule has 6 nitrogen and oxygen atoms in total. The first-order chi connectivity index (χ1) is 14.1.